The van der Waals surface area contributed by atoms with Crippen molar-refractivity contribution in [1.29, 1.82) is 0 Å². The van der Waals surface area contributed by atoms with Crippen molar-refractivity contribution in [2.75, 3.05) is 5.32 Å². The Hall–Kier alpha value is -2.95. The third kappa shape index (κ3) is 5.02. The van der Waals surface area contributed by atoms with Crippen LogP contribution in [0.2, 0.25) is 0 Å². The first kappa shape index (κ1) is 17.9. The quantitative estimate of drug-likeness (QED) is 0.643. The molecule has 2 aromatic carbocycles. The summed E-state index contributed by atoms with van der Waals surface area (Å²) in [6, 6.07) is 17.7. The van der Waals surface area contributed by atoms with E-state index in [1.54, 1.807) is 0 Å². The Bertz CT molecular complexity index is 826. The van der Waals surface area contributed by atoms with E-state index < -0.39 is 0 Å². The van der Waals surface area contributed by atoms with Gasteiger partial charge in [-0.25, -0.2) is 0 Å². The number of nitrogens with zero attached hydrogens (tertiary/aromatic N) is 2. The standard InChI is InChI=1S/C21H23N3O2/c1-2-3-7-16-10-12-18(13-11-16)22-19(25)14-15-20-23-21(24-26-20)17-8-5-4-6-9-17/h4-6,8-13H,2-3,7,14-15H2,1H3,(H,22,25). The Morgan fingerprint density at radius 3 is 2.54 bits per heavy atom. The van der Waals surface area contributed by atoms with Crippen molar-refractivity contribution in [1.82, 2.24) is 10.1 Å². The van der Waals surface area contributed by atoms with Gasteiger partial charge in [0.05, 0.1) is 0 Å². The summed E-state index contributed by atoms with van der Waals surface area (Å²) in [6.07, 6.45) is 4.15. The summed E-state index contributed by atoms with van der Waals surface area (Å²) in [5.74, 6) is 0.948. The fraction of sp³-hybridized carbons (Fsp3) is 0.286. The number of nitrogens with one attached hydrogen (secondary N) is 1. The summed E-state index contributed by atoms with van der Waals surface area (Å²) in [5.41, 5.74) is 3.00. The van der Waals surface area contributed by atoms with E-state index in [0.717, 1.165) is 17.7 Å². The molecule has 0 aliphatic heterocycles. The predicted octanol–water partition coefficient (Wildman–Crippen LogP) is 4.65. The van der Waals surface area contributed by atoms with Crippen LogP contribution in [0.15, 0.2) is 59.1 Å². The highest BCUT2D eigenvalue weighted by Crippen LogP contribution is 2.16. The number of aryl methyl sites for hydroxylation is 2. The minimum atomic E-state index is -0.0641. The van der Waals surface area contributed by atoms with E-state index in [-0.39, 0.29) is 5.91 Å². The number of carbonyl (C=O) groups is 1. The fourth-order valence-corrected chi connectivity index (χ4v) is 2.64. The fourth-order valence-electron chi connectivity index (χ4n) is 2.64. The Kier molecular flexibility index (Phi) is 6.14. The number of aromatic nitrogens is 2. The second-order valence-corrected chi connectivity index (χ2v) is 6.23. The molecule has 0 unspecified atom stereocenters. The van der Waals surface area contributed by atoms with E-state index in [2.05, 4.69) is 34.5 Å². The summed E-state index contributed by atoms with van der Waals surface area (Å²) in [5, 5.41) is 6.87. The number of carbonyl (C=O) groups excluding carboxylic acids is 1. The molecule has 0 saturated carbocycles. The number of hydrogen-bond donors (Lipinski definition) is 1. The van der Waals surface area contributed by atoms with Gasteiger partial charge in [0.1, 0.15) is 0 Å². The Labute approximate surface area is 153 Å². The molecule has 0 fully saturated rings. The molecule has 0 bridgehead atoms. The molecule has 0 atom stereocenters. The van der Waals surface area contributed by atoms with E-state index in [1.807, 2.05) is 42.5 Å². The zero-order valence-corrected chi connectivity index (χ0v) is 14.9. The number of unbranched alkanes of at least 4 members (excludes halogenated alkanes) is 1. The molecule has 0 aliphatic rings. The lowest BCUT2D eigenvalue weighted by Gasteiger charge is -2.05. The lowest BCUT2D eigenvalue weighted by atomic mass is 10.1. The summed E-state index contributed by atoms with van der Waals surface area (Å²) in [7, 11) is 0. The first-order valence-electron chi connectivity index (χ1n) is 9.01. The van der Waals surface area contributed by atoms with Gasteiger partial charge < -0.3 is 9.84 Å². The normalized spacial score (nSPS) is 10.7. The molecule has 1 aromatic heterocycles. The summed E-state index contributed by atoms with van der Waals surface area (Å²) in [6.45, 7) is 2.18. The van der Waals surface area contributed by atoms with Crippen molar-refractivity contribution < 1.29 is 9.32 Å². The Morgan fingerprint density at radius 2 is 1.81 bits per heavy atom. The predicted molar refractivity (Wildman–Crippen MR) is 102 cm³/mol. The summed E-state index contributed by atoms with van der Waals surface area (Å²) >= 11 is 0. The van der Waals surface area contributed by atoms with Crippen molar-refractivity contribution in [3.05, 3.63) is 66.1 Å². The monoisotopic (exact) mass is 349 g/mol. The second kappa shape index (κ2) is 8.94. The van der Waals surface area contributed by atoms with E-state index in [0.29, 0.717) is 24.6 Å². The lowest BCUT2D eigenvalue weighted by Crippen LogP contribution is -2.12. The SMILES string of the molecule is CCCCc1ccc(NC(=O)CCc2nc(-c3ccccc3)no2)cc1. The average Bonchev–Trinajstić information content (AvgIpc) is 3.16. The molecule has 5 nitrogen and oxygen atoms in total. The highest BCUT2D eigenvalue weighted by molar-refractivity contribution is 5.90. The van der Waals surface area contributed by atoms with Gasteiger partial charge in [-0.3, -0.25) is 4.79 Å². The highest BCUT2D eigenvalue weighted by atomic mass is 16.5. The molecule has 1 N–H and O–H groups in total. The molecular weight excluding hydrogens is 326 g/mol. The van der Waals surface area contributed by atoms with Crippen LogP contribution in [0, 0.1) is 0 Å². The van der Waals surface area contributed by atoms with Crippen molar-refractivity contribution in [3.8, 4) is 11.4 Å². The molecule has 0 saturated heterocycles. The molecule has 3 rings (SSSR count). The zero-order valence-electron chi connectivity index (χ0n) is 14.9. The van der Waals surface area contributed by atoms with Crippen LogP contribution in [0.5, 0.6) is 0 Å². The van der Waals surface area contributed by atoms with E-state index in [4.69, 9.17) is 4.52 Å². The maximum atomic E-state index is 12.1. The van der Waals surface area contributed by atoms with Gasteiger partial charge in [0.25, 0.3) is 0 Å². The highest BCUT2D eigenvalue weighted by Gasteiger charge is 2.10. The van der Waals surface area contributed by atoms with Gasteiger partial charge in [-0.2, -0.15) is 4.98 Å². The van der Waals surface area contributed by atoms with Crippen LogP contribution in [0.4, 0.5) is 5.69 Å². The third-order valence-electron chi connectivity index (χ3n) is 4.12. The first-order chi connectivity index (χ1) is 12.7. The molecular formula is C21H23N3O2. The van der Waals surface area contributed by atoms with Crippen molar-refractivity contribution >= 4 is 11.6 Å². The third-order valence-corrected chi connectivity index (χ3v) is 4.12. The molecule has 3 aromatic rings. The largest absolute Gasteiger partial charge is 0.339 e. The van der Waals surface area contributed by atoms with Crippen molar-refractivity contribution in [2.24, 2.45) is 0 Å². The number of rotatable bonds is 8. The Morgan fingerprint density at radius 1 is 1.04 bits per heavy atom. The van der Waals surface area contributed by atoms with Gasteiger partial charge in [-0.15, -0.1) is 0 Å². The van der Waals surface area contributed by atoms with Gasteiger partial charge in [0, 0.05) is 24.1 Å². The molecule has 0 aliphatic carbocycles. The molecule has 1 heterocycles. The number of benzene rings is 2. The number of anilines is 1. The zero-order chi connectivity index (χ0) is 18.2. The van der Waals surface area contributed by atoms with E-state index in [1.165, 1.54) is 18.4 Å². The van der Waals surface area contributed by atoms with Crippen LogP contribution >= 0.6 is 0 Å². The lowest BCUT2D eigenvalue weighted by molar-refractivity contribution is -0.116. The summed E-state index contributed by atoms with van der Waals surface area (Å²) in [4.78, 5) is 16.5. The molecule has 0 spiro atoms. The van der Waals surface area contributed by atoms with Crippen LogP contribution in [0.25, 0.3) is 11.4 Å². The second-order valence-electron chi connectivity index (χ2n) is 6.23. The summed E-state index contributed by atoms with van der Waals surface area (Å²) < 4.78 is 5.23. The van der Waals surface area contributed by atoms with E-state index >= 15 is 0 Å². The van der Waals surface area contributed by atoms with Crippen LogP contribution < -0.4 is 5.32 Å². The van der Waals surface area contributed by atoms with E-state index in [9.17, 15) is 4.79 Å². The minimum Gasteiger partial charge on any atom is -0.339 e. The van der Waals surface area contributed by atoms with Crippen LogP contribution in [-0.2, 0) is 17.6 Å². The van der Waals surface area contributed by atoms with Crippen LogP contribution in [-0.4, -0.2) is 16.0 Å². The van der Waals surface area contributed by atoms with Crippen molar-refractivity contribution in [3.63, 3.8) is 0 Å². The van der Waals surface area contributed by atoms with Crippen LogP contribution in [0.3, 0.4) is 0 Å². The maximum absolute atomic E-state index is 12.1. The topological polar surface area (TPSA) is 68.0 Å². The van der Waals surface area contributed by atoms with Gasteiger partial charge in [0.2, 0.25) is 17.6 Å². The minimum absolute atomic E-state index is 0.0641. The maximum Gasteiger partial charge on any atom is 0.227 e. The molecule has 5 heteroatoms. The number of hydrogen-bond acceptors (Lipinski definition) is 4. The van der Waals surface area contributed by atoms with Crippen molar-refractivity contribution in [2.45, 2.75) is 39.0 Å². The molecule has 0 radical (unpaired) electrons. The number of amides is 1. The van der Waals surface area contributed by atoms with Gasteiger partial charge in [-0.1, -0.05) is 61.0 Å². The van der Waals surface area contributed by atoms with Gasteiger partial charge in [-0.05, 0) is 30.5 Å². The Balaban J connectivity index is 1.49. The molecule has 1 amide bonds. The molecule has 26 heavy (non-hydrogen) atoms. The van der Waals surface area contributed by atoms with Gasteiger partial charge >= 0.3 is 0 Å². The molecule has 134 valence electrons. The first-order valence-corrected chi connectivity index (χ1v) is 9.01. The average molecular weight is 349 g/mol. The van der Waals surface area contributed by atoms with Gasteiger partial charge in [0.15, 0.2) is 0 Å². The van der Waals surface area contributed by atoms with Crippen LogP contribution in [0.1, 0.15) is 37.6 Å². The smallest absolute Gasteiger partial charge is 0.227 e.